The SMILES string of the molecule is Cc1ccc2c(c1-c1cccc[n+]1C)OC1(CCCC1)CC21CCCCC1.Cc1ccc2c(c1-c1cccc[n+]1C)OC1(CCCCC1)CC21CCCCC1.[2H]C([2H])([2H])c1ccc(-c2c(C)ccc3c2OC(C)(C)C3)[n+](C)c1.[2H]C([2H])([2H])c1ccc(-c2c(C)ccc3c2OC2(CCCCC2)C3)[n+](C)c1.[2H]C([2H])([2H])c1ccc(-c2c(C)ccc3c2OCC3)[n+](C)c1. The number of pyridine rings is 5. The summed E-state index contributed by atoms with van der Waals surface area (Å²) in [4.78, 5) is 0. The quantitative estimate of drug-likeness (QED) is 0.161. The normalized spacial score (nSPS) is 20.7. The Bertz CT molecular complexity index is 5680. The van der Waals surface area contributed by atoms with E-state index in [0.29, 0.717) is 34.1 Å². The van der Waals surface area contributed by atoms with Crippen LogP contribution in [-0.4, -0.2) is 29.0 Å². The lowest BCUT2D eigenvalue weighted by atomic mass is 9.60. The number of fused-ring (bicyclic) bond motifs is 7. The van der Waals surface area contributed by atoms with Crippen LogP contribution in [-0.2, 0) is 65.3 Å². The molecule has 10 nitrogen and oxygen atoms in total. The third kappa shape index (κ3) is 16.0. The van der Waals surface area contributed by atoms with E-state index in [1.165, 1.54) is 227 Å². The number of rotatable bonds is 5. The Kier molecular flexibility index (Phi) is 19.9. The first kappa shape index (κ1) is 69.9. The van der Waals surface area contributed by atoms with Gasteiger partial charge in [-0.25, -0.2) is 22.8 Å². The van der Waals surface area contributed by atoms with Crippen molar-refractivity contribution in [3.63, 3.8) is 0 Å². The molecule has 5 aliphatic carbocycles. The van der Waals surface area contributed by atoms with E-state index in [9.17, 15) is 0 Å². The molecule has 10 aliphatic rings. The Morgan fingerprint density at radius 3 is 1.05 bits per heavy atom. The van der Waals surface area contributed by atoms with Gasteiger partial charge in [-0.3, -0.25) is 0 Å². The van der Waals surface area contributed by atoms with Crippen molar-refractivity contribution in [2.45, 2.75) is 288 Å². The van der Waals surface area contributed by atoms with Crippen LogP contribution < -0.4 is 46.5 Å². The summed E-state index contributed by atoms with van der Waals surface area (Å²) in [6, 6.07) is 46.1. The molecule has 606 valence electrons. The van der Waals surface area contributed by atoms with E-state index in [-0.39, 0.29) is 22.4 Å². The van der Waals surface area contributed by atoms with Gasteiger partial charge in [0.05, 0.1) is 34.4 Å². The second-order valence-electron chi connectivity index (χ2n) is 37.2. The third-order valence-electron chi connectivity index (χ3n) is 28.1. The summed E-state index contributed by atoms with van der Waals surface area (Å²) >= 11 is 0. The molecule has 10 aromatic rings. The van der Waals surface area contributed by atoms with Crippen LogP contribution >= 0.6 is 0 Å². The molecule has 5 fully saturated rings. The third-order valence-corrected chi connectivity index (χ3v) is 28.1. The minimum absolute atomic E-state index is 0.0275. The molecule has 0 atom stereocenters. The van der Waals surface area contributed by atoms with Crippen molar-refractivity contribution in [1.29, 1.82) is 0 Å². The Labute approximate surface area is 707 Å². The maximum atomic E-state index is 7.63. The molecule has 0 unspecified atom stereocenters. The Balaban J connectivity index is 0.000000116. The molecule has 0 N–H and O–H groups in total. The molecule has 116 heavy (non-hydrogen) atoms. The van der Waals surface area contributed by atoms with Crippen LogP contribution in [0.15, 0.2) is 164 Å². The number of aryl methyl sites for hydroxylation is 13. The molecule has 10 heterocycles. The van der Waals surface area contributed by atoms with Crippen LogP contribution in [0.5, 0.6) is 28.7 Å². The first-order chi connectivity index (χ1) is 59.5. The molecule has 20 rings (SSSR count). The molecule has 5 aliphatic heterocycles. The number of ether oxygens (including phenoxy) is 5. The van der Waals surface area contributed by atoms with Gasteiger partial charge in [0.15, 0.2) is 31.0 Å². The van der Waals surface area contributed by atoms with Crippen molar-refractivity contribution in [3.8, 4) is 85.0 Å². The monoisotopic (exact) mass is 1560 g/mol. The van der Waals surface area contributed by atoms with Gasteiger partial charge in [-0.1, -0.05) is 112 Å². The summed E-state index contributed by atoms with van der Waals surface area (Å²) in [5.74, 6) is 5.30. The summed E-state index contributed by atoms with van der Waals surface area (Å²) in [7, 11) is 9.97. The molecule has 5 spiro atoms. The smallest absolute Gasteiger partial charge is 0.216 e. The largest absolute Gasteiger partial charge is 0.492 e. The van der Waals surface area contributed by atoms with Gasteiger partial charge in [0.1, 0.15) is 86.4 Å². The highest BCUT2D eigenvalue weighted by Gasteiger charge is 2.54. The number of aromatic nitrogens is 5. The molecule has 5 aromatic heterocycles. The molecular formula is C106H132N5O5+5. The lowest BCUT2D eigenvalue weighted by molar-refractivity contribution is -0.660. The predicted octanol–water partition coefficient (Wildman–Crippen LogP) is 22.6. The Morgan fingerprint density at radius 2 is 0.647 bits per heavy atom. The average Bonchev–Trinajstić information content (AvgIpc) is 0.907. The van der Waals surface area contributed by atoms with Crippen LogP contribution in [0.3, 0.4) is 0 Å². The lowest BCUT2D eigenvalue weighted by Crippen LogP contribution is -2.50. The number of hydrogen-bond acceptors (Lipinski definition) is 5. The summed E-state index contributed by atoms with van der Waals surface area (Å²) in [6.07, 6.45) is 46.0. The predicted molar refractivity (Wildman–Crippen MR) is 468 cm³/mol. The molecule has 0 bridgehead atoms. The number of hydrogen-bond donors (Lipinski definition) is 0. The van der Waals surface area contributed by atoms with Crippen molar-refractivity contribution >= 4 is 0 Å². The molecule has 5 aromatic carbocycles. The fourth-order valence-corrected chi connectivity index (χ4v) is 22.4. The Hall–Kier alpha value is -9.15. The summed E-state index contributed by atoms with van der Waals surface area (Å²) < 4.78 is 111. The van der Waals surface area contributed by atoms with Gasteiger partial charge >= 0.3 is 0 Å². The highest BCUT2D eigenvalue weighted by molar-refractivity contribution is 5.77. The van der Waals surface area contributed by atoms with Crippen molar-refractivity contribution in [2.75, 3.05) is 6.61 Å². The molecule has 5 saturated carbocycles. The Morgan fingerprint density at radius 1 is 0.310 bits per heavy atom. The fraction of sp³-hybridized carbons (Fsp3) is 0.481. The maximum Gasteiger partial charge on any atom is 0.216 e. The van der Waals surface area contributed by atoms with Crippen molar-refractivity contribution < 1.29 is 58.9 Å². The highest BCUT2D eigenvalue weighted by atomic mass is 16.5. The van der Waals surface area contributed by atoms with E-state index < -0.39 is 20.6 Å². The zero-order valence-electron chi connectivity index (χ0n) is 80.6. The highest BCUT2D eigenvalue weighted by Crippen LogP contribution is 2.61. The molecule has 0 radical (unpaired) electrons. The van der Waals surface area contributed by atoms with Gasteiger partial charge in [0, 0.05) is 113 Å². The lowest BCUT2D eigenvalue weighted by Gasteiger charge is -2.52. The van der Waals surface area contributed by atoms with Gasteiger partial charge in [-0.05, 0) is 259 Å². The summed E-state index contributed by atoms with van der Waals surface area (Å²) in [6.45, 7) is 9.32. The van der Waals surface area contributed by atoms with Gasteiger partial charge < -0.3 is 23.7 Å². The van der Waals surface area contributed by atoms with Gasteiger partial charge in [-0.2, -0.15) is 0 Å². The molecule has 10 heteroatoms. The minimum atomic E-state index is -2.09. The van der Waals surface area contributed by atoms with E-state index in [4.69, 9.17) is 36.0 Å². The molecule has 0 saturated heterocycles. The zero-order chi connectivity index (χ0) is 88.4. The molecule has 0 amide bonds. The number of benzene rings is 5. The van der Waals surface area contributed by atoms with Crippen molar-refractivity contribution in [2.24, 2.45) is 35.2 Å². The summed E-state index contributed by atoms with van der Waals surface area (Å²) in [5, 5.41) is 0. The zero-order valence-corrected chi connectivity index (χ0v) is 71.6. The summed E-state index contributed by atoms with van der Waals surface area (Å²) in [5.41, 5.74) is 25.8. The van der Waals surface area contributed by atoms with Crippen LogP contribution in [0.4, 0.5) is 0 Å². The van der Waals surface area contributed by atoms with Gasteiger partial charge in [0.2, 0.25) is 28.5 Å². The van der Waals surface area contributed by atoms with E-state index in [2.05, 4.69) is 181 Å². The van der Waals surface area contributed by atoms with E-state index in [0.717, 1.165) is 99.8 Å². The standard InChI is InChI=1S/C26H34NO.C25H32NO.C21H26NO.C18H22NO.C16H18NO/c1-20-12-13-21-24(23(20)22-11-5-10-18-27(22)2)28-26(16-8-4-9-17-26)19-25(21)14-6-3-7-15-25;1-19-11-12-20-23(22(19)21-10-4-9-17-26(21)2)27-25(15-7-8-16-25)18-24(20)13-5-3-6-14-24;1-15-7-10-18(22(3)14-15)19-16(2)8-9-17-13-21(23-20(17)19)11-5-4-6-12-21;1-12-6-9-15(19(5)11-12)16-13(2)7-8-14-10-18(3,4)20-17(14)16;1-11-4-7-14(17(3)10-11)15-12(2)5-6-13-8-9-18-16(13)15/h5,10-13,18H,3-4,6-9,14-17,19H2,1-2H3;4,9-12,17H,3,5-8,13-16,18H2,1-2H3;7-10,14H,4-6,11-13H2,1-3H3;6-9,11H,10H2,1-5H3;4-7,10H,8-9H2,1-3H3/q5*+1/i;;3*1D3. The average molecular weight is 1570 g/mol. The van der Waals surface area contributed by atoms with Crippen molar-refractivity contribution in [3.05, 3.63) is 237 Å². The van der Waals surface area contributed by atoms with Crippen LogP contribution in [0.2, 0.25) is 0 Å². The molecular weight excluding hydrogens is 1420 g/mol. The fourth-order valence-electron chi connectivity index (χ4n) is 22.4. The first-order valence-electron chi connectivity index (χ1n) is 48.5. The minimum Gasteiger partial charge on any atom is -0.492 e. The topological polar surface area (TPSA) is 65.5 Å². The number of nitrogens with zero attached hydrogens (tertiary/aromatic N) is 5. The van der Waals surface area contributed by atoms with Crippen LogP contribution in [0.1, 0.15) is 265 Å². The van der Waals surface area contributed by atoms with Gasteiger partial charge in [-0.15, -0.1) is 0 Å². The van der Waals surface area contributed by atoms with E-state index in [1.54, 1.807) is 36.8 Å². The van der Waals surface area contributed by atoms with Crippen LogP contribution in [0, 0.1) is 55.2 Å². The van der Waals surface area contributed by atoms with Crippen molar-refractivity contribution in [1.82, 2.24) is 0 Å². The first-order valence-corrected chi connectivity index (χ1v) is 44.0. The second kappa shape index (κ2) is 33.0. The second-order valence-corrected chi connectivity index (χ2v) is 37.2. The maximum absolute atomic E-state index is 7.63. The van der Waals surface area contributed by atoms with E-state index in [1.807, 2.05) is 53.0 Å². The van der Waals surface area contributed by atoms with E-state index >= 15 is 0 Å². The van der Waals surface area contributed by atoms with Gasteiger partial charge in [0.25, 0.3) is 0 Å². The van der Waals surface area contributed by atoms with Crippen LogP contribution in [0.25, 0.3) is 56.3 Å².